The maximum Gasteiger partial charge on any atom is 0.243 e. The van der Waals surface area contributed by atoms with Crippen molar-refractivity contribution in [3.05, 3.63) is 24.3 Å². The van der Waals surface area contributed by atoms with Gasteiger partial charge in [0.25, 0.3) is 0 Å². The Bertz CT molecular complexity index is 708. The van der Waals surface area contributed by atoms with E-state index in [4.69, 9.17) is 4.74 Å². The van der Waals surface area contributed by atoms with E-state index in [1.807, 2.05) is 11.8 Å². The van der Waals surface area contributed by atoms with E-state index < -0.39 is 10.0 Å². The molecule has 2 fully saturated rings. The lowest BCUT2D eigenvalue weighted by Gasteiger charge is -2.36. The Morgan fingerprint density at radius 1 is 1.16 bits per heavy atom. The molecule has 1 amide bonds. The predicted molar refractivity (Wildman–Crippen MR) is 94.0 cm³/mol. The summed E-state index contributed by atoms with van der Waals surface area (Å²) >= 11 is 0. The Labute approximate surface area is 149 Å². The summed E-state index contributed by atoms with van der Waals surface area (Å²) < 4.78 is 32.0. The molecule has 0 bridgehead atoms. The zero-order valence-electron chi connectivity index (χ0n) is 14.6. The van der Waals surface area contributed by atoms with Gasteiger partial charge in [-0.25, -0.2) is 8.42 Å². The monoisotopic (exact) mass is 367 g/mol. The molecule has 1 N–H and O–H groups in total. The number of benzene rings is 1. The topological polar surface area (TPSA) is 79.0 Å². The molecule has 0 spiro atoms. The number of carbonyl (C=O) groups is 1. The number of nitrogens with one attached hydrogen (secondary N) is 1. The van der Waals surface area contributed by atoms with Crippen molar-refractivity contribution in [2.75, 3.05) is 33.3 Å². The van der Waals surface area contributed by atoms with Crippen molar-refractivity contribution in [3.8, 4) is 5.75 Å². The molecule has 0 radical (unpaired) electrons. The van der Waals surface area contributed by atoms with Gasteiger partial charge in [-0.05, 0) is 44.0 Å². The maximum absolute atomic E-state index is 12.7. The lowest BCUT2D eigenvalue weighted by atomic mass is 10.2. The molecule has 7 nitrogen and oxygen atoms in total. The van der Waals surface area contributed by atoms with Gasteiger partial charge in [-0.2, -0.15) is 4.31 Å². The van der Waals surface area contributed by atoms with E-state index in [0.717, 1.165) is 12.8 Å². The quantitative estimate of drug-likeness (QED) is 0.799. The highest BCUT2D eigenvalue weighted by Gasteiger charge is 2.33. The van der Waals surface area contributed by atoms with E-state index in [1.54, 1.807) is 31.4 Å². The first-order valence-corrected chi connectivity index (χ1v) is 10.0. The summed E-state index contributed by atoms with van der Waals surface area (Å²) in [6, 6.07) is 6.53. The van der Waals surface area contributed by atoms with E-state index in [9.17, 15) is 13.2 Å². The van der Waals surface area contributed by atoms with E-state index in [1.165, 1.54) is 4.31 Å². The summed E-state index contributed by atoms with van der Waals surface area (Å²) in [6.45, 7) is 3.75. The van der Waals surface area contributed by atoms with Crippen molar-refractivity contribution in [1.82, 2.24) is 14.5 Å². The first kappa shape index (κ1) is 18.2. The van der Waals surface area contributed by atoms with Gasteiger partial charge in [-0.1, -0.05) is 0 Å². The average molecular weight is 367 g/mol. The Morgan fingerprint density at radius 3 is 2.28 bits per heavy atom. The van der Waals surface area contributed by atoms with Gasteiger partial charge < -0.3 is 10.1 Å². The molecule has 1 unspecified atom stereocenters. The third-order valence-electron chi connectivity index (χ3n) is 4.82. The molecule has 1 aliphatic carbocycles. The molecule has 1 saturated heterocycles. The third-order valence-corrected chi connectivity index (χ3v) is 6.73. The van der Waals surface area contributed by atoms with Crippen LogP contribution in [0.3, 0.4) is 0 Å². The molecule has 1 atom stereocenters. The zero-order valence-corrected chi connectivity index (χ0v) is 15.5. The van der Waals surface area contributed by atoms with Gasteiger partial charge in [0.2, 0.25) is 15.9 Å². The SMILES string of the molecule is COc1ccc(S(=O)(=O)N2CCN(C(C)C(=O)NC3CC3)CC2)cc1. The third kappa shape index (κ3) is 4.13. The average Bonchev–Trinajstić information content (AvgIpc) is 3.45. The minimum absolute atomic E-state index is 0.0361. The number of hydrogen-bond acceptors (Lipinski definition) is 5. The molecule has 3 rings (SSSR count). The van der Waals surface area contributed by atoms with Crippen LogP contribution in [0, 0.1) is 0 Å². The van der Waals surface area contributed by atoms with Crippen LogP contribution in [0.25, 0.3) is 0 Å². The second-order valence-electron chi connectivity index (χ2n) is 6.57. The molecule has 1 aliphatic heterocycles. The van der Waals surface area contributed by atoms with Crippen molar-refractivity contribution in [3.63, 3.8) is 0 Å². The van der Waals surface area contributed by atoms with Gasteiger partial charge in [0, 0.05) is 32.2 Å². The van der Waals surface area contributed by atoms with Crippen molar-refractivity contribution in [2.45, 2.75) is 36.7 Å². The first-order valence-electron chi connectivity index (χ1n) is 8.60. The molecular weight excluding hydrogens is 342 g/mol. The maximum atomic E-state index is 12.7. The zero-order chi connectivity index (χ0) is 18.0. The minimum Gasteiger partial charge on any atom is -0.497 e. The Hall–Kier alpha value is -1.64. The number of nitrogens with zero attached hydrogens (tertiary/aromatic N) is 2. The van der Waals surface area contributed by atoms with E-state index in [-0.39, 0.29) is 16.8 Å². The van der Waals surface area contributed by atoms with Gasteiger partial charge in [0.15, 0.2) is 0 Å². The van der Waals surface area contributed by atoms with Crippen LogP contribution in [0.4, 0.5) is 0 Å². The summed E-state index contributed by atoms with van der Waals surface area (Å²) in [5.74, 6) is 0.660. The fraction of sp³-hybridized carbons (Fsp3) is 0.588. The number of sulfonamides is 1. The van der Waals surface area contributed by atoms with Crippen molar-refractivity contribution < 1.29 is 17.9 Å². The summed E-state index contributed by atoms with van der Waals surface area (Å²) in [5, 5.41) is 3.00. The lowest BCUT2D eigenvalue weighted by molar-refractivity contribution is -0.126. The van der Waals surface area contributed by atoms with Gasteiger partial charge in [0.05, 0.1) is 18.0 Å². The molecule has 1 saturated carbocycles. The van der Waals surface area contributed by atoms with Crippen molar-refractivity contribution >= 4 is 15.9 Å². The Morgan fingerprint density at radius 2 is 1.76 bits per heavy atom. The first-order chi connectivity index (χ1) is 11.9. The minimum atomic E-state index is -3.51. The van der Waals surface area contributed by atoms with Gasteiger partial charge in [-0.15, -0.1) is 0 Å². The molecule has 1 heterocycles. The number of carbonyl (C=O) groups excluding carboxylic acids is 1. The Kier molecular flexibility index (Phi) is 5.31. The van der Waals surface area contributed by atoms with E-state index in [0.29, 0.717) is 38.0 Å². The predicted octanol–water partition coefficient (Wildman–Crippen LogP) is 0.669. The number of piperazine rings is 1. The van der Waals surface area contributed by atoms with E-state index in [2.05, 4.69) is 5.32 Å². The van der Waals surface area contributed by atoms with Crippen LogP contribution in [0.5, 0.6) is 5.75 Å². The van der Waals surface area contributed by atoms with Crippen LogP contribution in [0.15, 0.2) is 29.2 Å². The van der Waals surface area contributed by atoms with E-state index >= 15 is 0 Å². The summed E-state index contributed by atoms with van der Waals surface area (Å²) in [5.41, 5.74) is 0. The van der Waals surface area contributed by atoms with Crippen molar-refractivity contribution in [2.24, 2.45) is 0 Å². The molecule has 2 aliphatic rings. The molecule has 8 heteroatoms. The highest BCUT2D eigenvalue weighted by molar-refractivity contribution is 7.89. The Balaban J connectivity index is 1.59. The largest absolute Gasteiger partial charge is 0.497 e. The normalized spacial score (nSPS) is 20.9. The molecular formula is C17H25N3O4S. The van der Waals surface area contributed by atoms with Crippen LogP contribution in [-0.4, -0.2) is 68.9 Å². The number of ether oxygens (including phenoxy) is 1. The van der Waals surface area contributed by atoms with Gasteiger partial charge in [-0.3, -0.25) is 9.69 Å². The fourth-order valence-corrected chi connectivity index (χ4v) is 4.37. The number of rotatable bonds is 6. The summed E-state index contributed by atoms with van der Waals surface area (Å²) in [6.07, 6.45) is 2.12. The second-order valence-corrected chi connectivity index (χ2v) is 8.51. The smallest absolute Gasteiger partial charge is 0.243 e. The number of methoxy groups -OCH3 is 1. The van der Waals surface area contributed by atoms with Gasteiger partial charge >= 0.3 is 0 Å². The number of hydrogen-bond donors (Lipinski definition) is 1. The molecule has 1 aromatic carbocycles. The lowest BCUT2D eigenvalue weighted by Crippen LogP contribution is -2.55. The fourth-order valence-electron chi connectivity index (χ4n) is 2.94. The standard InChI is InChI=1S/C17H25N3O4S/c1-13(17(21)18-14-3-4-14)19-9-11-20(12-10-19)25(22,23)16-7-5-15(24-2)6-8-16/h5-8,13-14H,3-4,9-12H2,1-2H3,(H,18,21). The molecule has 138 valence electrons. The number of amides is 1. The molecule has 25 heavy (non-hydrogen) atoms. The van der Waals surface area contributed by atoms with Crippen LogP contribution >= 0.6 is 0 Å². The van der Waals surface area contributed by atoms with Crippen LogP contribution in [0.2, 0.25) is 0 Å². The van der Waals surface area contributed by atoms with Gasteiger partial charge in [0.1, 0.15) is 5.75 Å². The summed E-state index contributed by atoms with van der Waals surface area (Å²) in [7, 11) is -1.97. The van der Waals surface area contributed by atoms with Crippen LogP contribution in [0.1, 0.15) is 19.8 Å². The highest BCUT2D eigenvalue weighted by atomic mass is 32.2. The second kappa shape index (κ2) is 7.31. The van der Waals surface area contributed by atoms with Crippen molar-refractivity contribution in [1.29, 1.82) is 0 Å². The molecule has 1 aromatic rings. The molecule has 0 aromatic heterocycles. The highest BCUT2D eigenvalue weighted by Crippen LogP contribution is 2.22. The van der Waals surface area contributed by atoms with Crippen LogP contribution in [-0.2, 0) is 14.8 Å². The van der Waals surface area contributed by atoms with Crippen LogP contribution < -0.4 is 10.1 Å². The summed E-state index contributed by atoms with van der Waals surface area (Å²) in [4.78, 5) is 14.5.